The summed E-state index contributed by atoms with van der Waals surface area (Å²) >= 11 is 3.54. The minimum absolute atomic E-state index is 0.218. The quantitative estimate of drug-likeness (QED) is 0.316. The molecule has 0 aliphatic carbocycles. The lowest BCUT2D eigenvalue weighted by molar-refractivity contribution is 0.0946. The van der Waals surface area contributed by atoms with Crippen LogP contribution < -0.4 is 10.1 Å². The molecule has 5 aromatic rings. The Morgan fingerprint density at radius 2 is 1.81 bits per heavy atom. The van der Waals surface area contributed by atoms with E-state index in [9.17, 15) is 4.79 Å². The van der Waals surface area contributed by atoms with E-state index >= 15 is 0 Å². The number of aromatic nitrogens is 2. The molecule has 3 aromatic carbocycles. The molecule has 0 fully saturated rings. The molecule has 0 saturated heterocycles. The van der Waals surface area contributed by atoms with E-state index in [1.54, 1.807) is 7.11 Å². The summed E-state index contributed by atoms with van der Waals surface area (Å²) in [6.45, 7) is 0.405. The van der Waals surface area contributed by atoms with E-state index < -0.39 is 0 Å². The fourth-order valence-corrected chi connectivity index (χ4v) is 4.22. The molecule has 5 nitrogen and oxygen atoms in total. The van der Waals surface area contributed by atoms with Crippen LogP contribution in [-0.4, -0.2) is 23.0 Å². The van der Waals surface area contributed by atoms with Crippen LogP contribution in [0.15, 0.2) is 83.3 Å². The molecule has 0 unspecified atom stereocenters. The number of H-pyrrole nitrogens is 1. The van der Waals surface area contributed by atoms with Gasteiger partial charge in [-0.15, -0.1) is 0 Å². The number of hydrogen-bond donors (Lipinski definition) is 2. The molecule has 6 heteroatoms. The maximum Gasteiger partial charge on any atom is 0.270 e. The third kappa shape index (κ3) is 3.85. The molecule has 2 heterocycles. The summed E-state index contributed by atoms with van der Waals surface area (Å²) in [6, 6.07) is 25.5. The van der Waals surface area contributed by atoms with Gasteiger partial charge >= 0.3 is 0 Å². The standard InChI is InChI=1S/C26H20BrN3O2/c1-32-19-11-9-16(10-12-19)15-28-26(31)23-14-21-20-7-2-3-8-22(20)29-25(21)24(30-23)17-5-4-6-18(27)13-17/h2-14,29H,15H2,1H3,(H,28,31). The van der Waals surface area contributed by atoms with Gasteiger partial charge in [-0.3, -0.25) is 4.79 Å². The first kappa shape index (κ1) is 20.3. The Morgan fingerprint density at radius 3 is 2.59 bits per heavy atom. The van der Waals surface area contributed by atoms with Crippen molar-refractivity contribution < 1.29 is 9.53 Å². The van der Waals surface area contributed by atoms with Crippen molar-refractivity contribution in [1.82, 2.24) is 15.3 Å². The number of nitrogens with zero attached hydrogens (tertiary/aromatic N) is 1. The SMILES string of the molecule is COc1ccc(CNC(=O)c2cc3c([nH]c4ccccc43)c(-c3cccc(Br)c3)n2)cc1. The zero-order chi connectivity index (χ0) is 22.1. The van der Waals surface area contributed by atoms with Crippen LogP contribution in [0.3, 0.4) is 0 Å². The number of amides is 1. The molecule has 1 amide bonds. The van der Waals surface area contributed by atoms with Crippen molar-refractivity contribution in [3.05, 3.63) is 94.6 Å². The third-order valence-corrected chi connectivity index (χ3v) is 5.93. The summed E-state index contributed by atoms with van der Waals surface area (Å²) in [4.78, 5) is 21.3. The minimum atomic E-state index is -0.218. The molecular weight excluding hydrogens is 466 g/mol. The van der Waals surface area contributed by atoms with Crippen LogP contribution in [0.1, 0.15) is 16.1 Å². The number of hydrogen-bond acceptors (Lipinski definition) is 3. The summed E-state index contributed by atoms with van der Waals surface area (Å²) in [5.41, 5.74) is 4.97. The number of carbonyl (C=O) groups is 1. The van der Waals surface area contributed by atoms with Gasteiger partial charge in [0.05, 0.1) is 18.3 Å². The molecule has 5 rings (SSSR count). The first-order valence-electron chi connectivity index (χ1n) is 10.2. The maximum atomic E-state index is 13.1. The van der Waals surface area contributed by atoms with Crippen LogP contribution in [0.5, 0.6) is 5.75 Å². The van der Waals surface area contributed by atoms with Crippen molar-refractivity contribution in [2.24, 2.45) is 0 Å². The number of para-hydroxylation sites is 1. The number of nitrogens with one attached hydrogen (secondary N) is 2. The van der Waals surface area contributed by atoms with Gasteiger partial charge in [-0.25, -0.2) is 4.98 Å². The molecule has 0 aliphatic rings. The summed E-state index contributed by atoms with van der Waals surface area (Å²) < 4.78 is 6.15. The van der Waals surface area contributed by atoms with Gasteiger partial charge < -0.3 is 15.0 Å². The Morgan fingerprint density at radius 1 is 1.00 bits per heavy atom. The van der Waals surface area contributed by atoms with Crippen LogP contribution >= 0.6 is 15.9 Å². The lowest BCUT2D eigenvalue weighted by atomic mass is 10.1. The summed E-state index contributed by atoms with van der Waals surface area (Å²) in [5.74, 6) is 0.564. The van der Waals surface area contributed by atoms with Gasteiger partial charge in [-0.2, -0.15) is 0 Å². The Kier molecular flexibility index (Phi) is 5.37. The predicted octanol–water partition coefficient (Wildman–Crippen LogP) is 6.08. The van der Waals surface area contributed by atoms with E-state index in [0.717, 1.165) is 48.8 Å². The summed E-state index contributed by atoms with van der Waals surface area (Å²) in [7, 11) is 1.63. The van der Waals surface area contributed by atoms with Crippen molar-refractivity contribution in [2.45, 2.75) is 6.54 Å². The topological polar surface area (TPSA) is 67.0 Å². The zero-order valence-electron chi connectivity index (χ0n) is 17.4. The largest absolute Gasteiger partial charge is 0.497 e. The number of aromatic amines is 1. The Labute approximate surface area is 193 Å². The molecular formula is C26H20BrN3O2. The van der Waals surface area contributed by atoms with E-state index in [1.165, 1.54) is 0 Å². The van der Waals surface area contributed by atoms with Gasteiger partial charge in [-0.05, 0) is 42.0 Å². The number of benzene rings is 3. The van der Waals surface area contributed by atoms with Gasteiger partial charge in [0.15, 0.2) is 0 Å². The van der Waals surface area contributed by atoms with Crippen molar-refractivity contribution in [2.75, 3.05) is 7.11 Å². The lowest BCUT2D eigenvalue weighted by Gasteiger charge is -2.09. The average Bonchev–Trinajstić information content (AvgIpc) is 3.21. The Balaban J connectivity index is 1.56. The number of ether oxygens (including phenoxy) is 1. The molecule has 0 radical (unpaired) electrons. The molecule has 0 saturated carbocycles. The predicted molar refractivity (Wildman–Crippen MR) is 131 cm³/mol. The first-order valence-corrected chi connectivity index (χ1v) is 11.0. The number of pyridine rings is 1. The van der Waals surface area contributed by atoms with E-state index in [-0.39, 0.29) is 5.91 Å². The molecule has 0 aliphatic heterocycles. The van der Waals surface area contributed by atoms with Crippen molar-refractivity contribution >= 4 is 43.6 Å². The van der Waals surface area contributed by atoms with Crippen LogP contribution in [0.25, 0.3) is 33.1 Å². The van der Waals surface area contributed by atoms with Crippen LogP contribution in [0.2, 0.25) is 0 Å². The molecule has 158 valence electrons. The fraction of sp³-hybridized carbons (Fsp3) is 0.0769. The van der Waals surface area contributed by atoms with Crippen molar-refractivity contribution in [1.29, 1.82) is 0 Å². The first-order chi connectivity index (χ1) is 15.6. The van der Waals surface area contributed by atoms with Crippen molar-refractivity contribution in [3.63, 3.8) is 0 Å². The summed E-state index contributed by atoms with van der Waals surface area (Å²) in [6.07, 6.45) is 0. The maximum absolute atomic E-state index is 13.1. The van der Waals surface area contributed by atoms with Crippen LogP contribution in [-0.2, 0) is 6.54 Å². The second kappa shape index (κ2) is 8.48. The highest BCUT2D eigenvalue weighted by atomic mass is 79.9. The molecule has 2 aromatic heterocycles. The molecule has 0 atom stereocenters. The summed E-state index contributed by atoms with van der Waals surface area (Å²) in [5, 5.41) is 5.02. The van der Waals surface area contributed by atoms with E-state index in [1.807, 2.05) is 72.8 Å². The van der Waals surface area contributed by atoms with E-state index in [2.05, 4.69) is 32.3 Å². The van der Waals surface area contributed by atoms with Gasteiger partial charge in [0.25, 0.3) is 5.91 Å². The lowest BCUT2D eigenvalue weighted by Crippen LogP contribution is -2.24. The second-order valence-corrected chi connectivity index (χ2v) is 8.41. The molecule has 32 heavy (non-hydrogen) atoms. The monoisotopic (exact) mass is 485 g/mol. The number of methoxy groups -OCH3 is 1. The number of halogens is 1. The second-order valence-electron chi connectivity index (χ2n) is 7.49. The van der Waals surface area contributed by atoms with Gasteiger partial charge in [-0.1, -0.05) is 58.4 Å². The highest BCUT2D eigenvalue weighted by Gasteiger charge is 2.17. The van der Waals surface area contributed by atoms with Crippen molar-refractivity contribution in [3.8, 4) is 17.0 Å². The average molecular weight is 486 g/mol. The van der Waals surface area contributed by atoms with Crippen LogP contribution in [0, 0.1) is 0 Å². The Hall–Kier alpha value is -3.64. The van der Waals surface area contributed by atoms with E-state index in [0.29, 0.717) is 12.2 Å². The fourth-order valence-electron chi connectivity index (χ4n) is 3.82. The van der Waals surface area contributed by atoms with Gasteiger partial charge in [0.1, 0.15) is 11.4 Å². The highest BCUT2D eigenvalue weighted by molar-refractivity contribution is 9.10. The smallest absolute Gasteiger partial charge is 0.270 e. The molecule has 0 spiro atoms. The zero-order valence-corrected chi connectivity index (χ0v) is 18.9. The number of carbonyl (C=O) groups excluding carboxylic acids is 1. The number of fused-ring (bicyclic) bond motifs is 3. The molecule has 0 bridgehead atoms. The number of rotatable bonds is 5. The van der Waals surface area contributed by atoms with Gasteiger partial charge in [0.2, 0.25) is 0 Å². The Bertz CT molecular complexity index is 1440. The highest BCUT2D eigenvalue weighted by Crippen LogP contribution is 2.33. The minimum Gasteiger partial charge on any atom is -0.497 e. The van der Waals surface area contributed by atoms with E-state index in [4.69, 9.17) is 9.72 Å². The normalized spacial score (nSPS) is 11.1. The third-order valence-electron chi connectivity index (χ3n) is 5.44. The van der Waals surface area contributed by atoms with Gasteiger partial charge in [0, 0.05) is 32.9 Å². The molecule has 2 N–H and O–H groups in total. The van der Waals surface area contributed by atoms with Crippen LogP contribution in [0.4, 0.5) is 0 Å².